The number of benzene rings is 2. The van der Waals surface area contributed by atoms with Crippen LogP contribution in [0.1, 0.15) is 56.6 Å². The van der Waals surface area contributed by atoms with Gasteiger partial charge in [-0.3, -0.25) is 9.69 Å². The van der Waals surface area contributed by atoms with E-state index in [1.165, 1.54) is 12.1 Å². The first-order chi connectivity index (χ1) is 17.5. The molecule has 0 aromatic heterocycles. The third kappa shape index (κ3) is 4.32. The molecule has 4 bridgehead atoms. The molecule has 4 saturated carbocycles. The molecule has 39 heavy (non-hydrogen) atoms. The Hall–Kier alpha value is 0.360. The van der Waals surface area contributed by atoms with E-state index in [1.54, 1.807) is 30.0 Å². The summed E-state index contributed by atoms with van der Waals surface area (Å²) in [5.41, 5.74) is 0.389. The van der Waals surface area contributed by atoms with Gasteiger partial charge in [0.15, 0.2) is 5.60 Å². The molecule has 8 rings (SSSR count). The minimum Gasteiger partial charge on any atom is -0.780 e. The van der Waals surface area contributed by atoms with Gasteiger partial charge in [0.25, 0.3) is 0 Å². The van der Waals surface area contributed by atoms with E-state index in [0.29, 0.717) is 33.4 Å². The summed E-state index contributed by atoms with van der Waals surface area (Å²) >= 11 is 13.5. The molecule has 3 unspecified atom stereocenters. The molecule has 2 heterocycles. The van der Waals surface area contributed by atoms with Crippen LogP contribution >= 0.6 is 31.0 Å². The number of phosphoric acid groups is 1. The predicted molar refractivity (Wildman–Crippen MR) is 131 cm³/mol. The Morgan fingerprint density at radius 1 is 1.05 bits per heavy atom. The van der Waals surface area contributed by atoms with E-state index in [0.717, 1.165) is 32.1 Å². The van der Waals surface area contributed by atoms with Crippen LogP contribution in [0.15, 0.2) is 36.4 Å². The molecule has 2 spiro atoms. The van der Waals surface area contributed by atoms with Crippen LogP contribution in [0.2, 0.25) is 5.02 Å². The van der Waals surface area contributed by atoms with E-state index in [-0.39, 0.29) is 93.9 Å². The van der Waals surface area contributed by atoms with Gasteiger partial charge in [-0.2, -0.15) is 0 Å². The van der Waals surface area contributed by atoms with E-state index in [2.05, 4.69) is 0 Å². The van der Waals surface area contributed by atoms with Crippen LogP contribution in [-0.4, -0.2) is 16.4 Å². The molecule has 1 amide bonds. The number of carbonyl (C=O) groups is 1. The van der Waals surface area contributed by atoms with Crippen molar-refractivity contribution in [1.29, 1.82) is 0 Å². The molecule has 2 aromatic rings. The zero-order chi connectivity index (χ0) is 26.0. The predicted octanol–water partition coefficient (Wildman–Crippen LogP) is -1.29. The summed E-state index contributed by atoms with van der Waals surface area (Å²) in [4.78, 5) is 50.0. The van der Waals surface area contributed by atoms with Gasteiger partial charge in [-0.1, -0.05) is 24.6 Å². The molecule has 8 nitrogen and oxygen atoms in total. The van der Waals surface area contributed by atoms with Crippen LogP contribution in [0.25, 0.3) is 0 Å². The molecular formula is C26H24Cl2NNa2O7P. The average molecular weight is 610 g/mol. The first-order valence-corrected chi connectivity index (χ1v) is 14.8. The molecule has 2 aromatic carbocycles. The second kappa shape index (κ2) is 10.2. The summed E-state index contributed by atoms with van der Waals surface area (Å²) in [5.74, 6) is 0.366. The third-order valence-corrected chi connectivity index (χ3v) is 10.3. The van der Waals surface area contributed by atoms with Gasteiger partial charge in [0.05, 0.1) is 11.4 Å². The molecule has 4 aliphatic carbocycles. The zero-order valence-electron chi connectivity index (χ0n) is 21.9. The summed E-state index contributed by atoms with van der Waals surface area (Å²) < 4.78 is 16.3. The van der Waals surface area contributed by atoms with Gasteiger partial charge in [-0.25, -0.2) is 9.78 Å². The number of amides is 1. The molecule has 1 saturated heterocycles. The van der Waals surface area contributed by atoms with Crippen molar-refractivity contribution in [2.45, 2.75) is 61.5 Å². The topological polar surface area (TPSA) is 111 Å². The quantitative estimate of drug-likeness (QED) is 0.184. The van der Waals surface area contributed by atoms with E-state index < -0.39 is 19.0 Å². The fourth-order valence-corrected chi connectivity index (χ4v) is 9.31. The number of anilines is 2. The first-order valence-electron chi connectivity index (χ1n) is 12.5. The Labute approximate surface area is 280 Å². The van der Waals surface area contributed by atoms with Gasteiger partial charge < -0.3 is 18.9 Å². The third-order valence-electron chi connectivity index (χ3n) is 9.12. The van der Waals surface area contributed by atoms with Crippen LogP contribution in [0.5, 0.6) is 5.75 Å². The second-order valence-electron chi connectivity index (χ2n) is 11.1. The van der Waals surface area contributed by atoms with Crippen molar-refractivity contribution < 1.29 is 92.6 Å². The second-order valence-corrected chi connectivity index (χ2v) is 13.4. The summed E-state index contributed by atoms with van der Waals surface area (Å²) in [5, 5.41) is 0.462. The van der Waals surface area contributed by atoms with E-state index >= 15 is 0 Å². The Morgan fingerprint density at radius 2 is 1.74 bits per heavy atom. The van der Waals surface area contributed by atoms with Crippen LogP contribution < -0.4 is 78.3 Å². The molecule has 5 fully saturated rings. The van der Waals surface area contributed by atoms with Crippen LogP contribution in [0.3, 0.4) is 0 Å². The Kier molecular flexibility index (Phi) is 8.08. The van der Waals surface area contributed by atoms with Gasteiger partial charge in [0, 0.05) is 27.4 Å². The van der Waals surface area contributed by atoms with Gasteiger partial charge >= 0.3 is 59.1 Å². The Morgan fingerprint density at radius 3 is 2.31 bits per heavy atom. The maximum atomic E-state index is 13.3. The molecular weight excluding hydrogens is 586 g/mol. The monoisotopic (exact) mass is 609 g/mol. The van der Waals surface area contributed by atoms with Gasteiger partial charge in [0.1, 0.15) is 19.2 Å². The van der Waals surface area contributed by atoms with Crippen LogP contribution in [0, 0.1) is 17.8 Å². The number of fused-ring (bicyclic) bond motifs is 4. The van der Waals surface area contributed by atoms with Crippen molar-refractivity contribution in [3.63, 3.8) is 0 Å². The van der Waals surface area contributed by atoms with Crippen molar-refractivity contribution in [2.24, 2.45) is 17.8 Å². The summed E-state index contributed by atoms with van der Waals surface area (Å²) in [6.45, 7) is 1.77. The normalized spacial score (nSPS) is 35.0. The minimum atomic E-state index is -5.33. The Bertz CT molecular complexity index is 1390. The number of carbonyl (C=O) groups excluding carboxylic acids is 1. The standard InChI is InChI=1S/C26H26Cl2NO7P.2Na/c1-2-23(30)29-21-6-4-18(34-37(31,32)33)10-20(21)26(19-5-3-17(27)9-22(19)29)25(35-36-26)15-7-14-8-16(25)13-24(28,11-14)12-15;;/h3-6,9-10,14-16H,2,7-8,11-13H2,1H3,(H2,31,32,33);;/q;2*+1/p-2. The summed E-state index contributed by atoms with van der Waals surface area (Å²) in [7, 11) is -5.33. The number of alkyl halides is 1. The number of phosphoric ester groups is 1. The Balaban J connectivity index is 0.00000154. The summed E-state index contributed by atoms with van der Waals surface area (Å²) in [6.07, 6.45) is 4.64. The van der Waals surface area contributed by atoms with Crippen molar-refractivity contribution in [1.82, 2.24) is 0 Å². The molecule has 13 heteroatoms. The van der Waals surface area contributed by atoms with Crippen LogP contribution in [-0.2, 0) is 24.7 Å². The van der Waals surface area contributed by atoms with E-state index in [1.807, 2.05) is 6.07 Å². The summed E-state index contributed by atoms with van der Waals surface area (Å²) in [6, 6.07) is 9.81. The maximum absolute atomic E-state index is 13.3. The van der Waals surface area contributed by atoms with Gasteiger partial charge in [-0.15, -0.1) is 11.6 Å². The SMILES string of the molecule is CCC(=O)N1c2cc(Cl)ccc2C2(OOC23C2CC4CC3CC(Cl)(C4)C2)c2cc(OP(=O)([O-])[O-])ccc21.[Na+].[Na+]. The average Bonchev–Trinajstić information content (AvgIpc) is 2.79. The number of halogens is 2. The van der Waals surface area contributed by atoms with Crippen molar-refractivity contribution in [3.05, 3.63) is 52.5 Å². The number of nitrogens with zero attached hydrogens (tertiary/aromatic N) is 1. The van der Waals surface area contributed by atoms with Crippen LogP contribution in [0.4, 0.5) is 11.4 Å². The van der Waals surface area contributed by atoms with Crippen molar-refractivity contribution >= 4 is 48.3 Å². The fourth-order valence-electron chi connectivity index (χ4n) is 8.18. The fraction of sp³-hybridized carbons (Fsp3) is 0.500. The number of hydrogen-bond acceptors (Lipinski definition) is 7. The van der Waals surface area contributed by atoms with Crippen molar-refractivity contribution in [2.75, 3.05) is 4.90 Å². The van der Waals surface area contributed by atoms with Gasteiger partial charge in [0.2, 0.25) is 5.91 Å². The molecule has 3 atom stereocenters. The number of hydrogen-bond donors (Lipinski definition) is 0. The molecule has 2 aliphatic heterocycles. The molecule has 196 valence electrons. The molecule has 6 aliphatic rings. The first kappa shape index (κ1) is 30.8. The van der Waals surface area contributed by atoms with Gasteiger partial charge in [-0.05, 0) is 80.2 Å². The van der Waals surface area contributed by atoms with E-state index in [4.69, 9.17) is 37.5 Å². The minimum absolute atomic E-state index is 0. The largest absolute Gasteiger partial charge is 1.00 e. The molecule has 0 radical (unpaired) electrons. The van der Waals surface area contributed by atoms with E-state index in [9.17, 15) is 19.1 Å². The van der Waals surface area contributed by atoms with Crippen molar-refractivity contribution in [3.8, 4) is 5.75 Å². The number of rotatable bonds is 3. The zero-order valence-corrected chi connectivity index (χ0v) is 28.4. The molecule has 0 N–H and O–H groups in total. The smallest absolute Gasteiger partial charge is 0.780 e. The maximum Gasteiger partial charge on any atom is 1.00 e.